The van der Waals surface area contributed by atoms with Crippen LogP contribution < -0.4 is 16.4 Å². The Morgan fingerprint density at radius 3 is 2.31 bits per heavy atom. The van der Waals surface area contributed by atoms with Crippen LogP contribution in [0.15, 0.2) is 48.5 Å². The lowest BCUT2D eigenvalue weighted by atomic mass is 9.74. The summed E-state index contributed by atoms with van der Waals surface area (Å²) >= 11 is 6.05. The van der Waals surface area contributed by atoms with E-state index >= 15 is 0 Å². The molecular weight excluding hydrogens is 390 g/mol. The zero-order chi connectivity index (χ0) is 20.9. The van der Waals surface area contributed by atoms with Gasteiger partial charge >= 0.3 is 0 Å². The van der Waals surface area contributed by atoms with Gasteiger partial charge in [0.2, 0.25) is 11.8 Å². The summed E-state index contributed by atoms with van der Waals surface area (Å²) in [7, 11) is 0. The fourth-order valence-electron chi connectivity index (χ4n) is 3.54. The third-order valence-electron chi connectivity index (χ3n) is 5.48. The van der Waals surface area contributed by atoms with Crippen molar-refractivity contribution in [2.75, 3.05) is 25.1 Å². The normalized spacial score (nSPS) is 16.8. The summed E-state index contributed by atoms with van der Waals surface area (Å²) in [5.74, 6) is -0.642. The van der Waals surface area contributed by atoms with Gasteiger partial charge in [-0.25, -0.2) is 0 Å². The van der Waals surface area contributed by atoms with Crippen LogP contribution in [0.2, 0.25) is 5.02 Å². The van der Waals surface area contributed by atoms with Gasteiger partial charge in [-0.2, -0.15) is 0 Å². The largest absolute Gasteiger partial charge is 0.381 e. The molecular formula is C22H26ClN3O3. The van der Waals surface area contributed by atoms with Crippen LogP contribution in [0.25, 0.3) is 0 Å². The first-order valence-electron chi connectivity index (χ1n) is 9.67. The molecule has 7 heteroatoms. The van der Waals surface area contributed by atoms with Crippen LogP contribution in [0.5, 0.6) is 0 Å². The van der Waals surface area contributed by atoms with Gasteiger partial charge in [-0.05, 0) is 61.7 Å². The smallest absolute Gasteiger partial charge is 0.248 e. The molecule has 6 nitrogen and oxygen atoms in total. The number of rotatable bonds is 7. The number of amides is 2. The highest BCUT2D eigenvalue weighted by molar-refractivity contribution is 6.30. The predicted octanol–water partition coefficient (Wildman–Crippen LogP) is 3.10. The van der Waals surface area contributed by atoms with Crippen LogP contribution in [-0.2, 0) is 14.9 Å². The third kappa shape index (κ3) is 5.35. The zero-order valence-corrected chi connectivity index (χ0v) is 17.2. The maximum absolute atomic E-state index is 12.6. The van der Waals surface area contributed by atoms with Crippen molar-refractivity contribution in [1.82, 2.24) is 5.32 Å². The highest BCUT2D eigenvalue weighted by Crippen LogP contribution is 2.35. The predicted molar refractivity (Wildman–Crippen MR) is 114 cm³/mol. The number of anilines is 1. The van der Waals surface area contributed by atoms with Gasteiger partial charge in [0.15, 0.2) is 0 Å². The first-order valence-corrected chi connectivity index (χ1v) is 10.1. The second-order valence-corrected chi connectivity index (χ2v) is 7.87. The van der Waals surface area contributed by atoms with Crippen molar-refractivity contribution >= 4 is 29.1 Å². The Morgan fingerprint density at radius 1 is 1.10 bits per heavy atom. The van der Waals surface area contributed by atoms with Crippen LogP contribution in [0, 0.1) is 0 Å². The molecule has 1 fully saturated rings. The molecule has 0 aliphatic carbocycles. The van der Waals surface area contributed by atoms with Crippen LogP contribution in [0.3, 0.4) is 0 Å². The SMILES string of the molecule is CC(NCC1(c2ccc(Cl)cc2)CCOCC1)C(=O)Nc1ccc(C(N)=O)cc1. The summed E-state index contributed by atoms with van der Waals surface area (Å²) < 4.78 is 5.56. The van der Waals surface area contributed by atoms with E-state index in [4.69, 9.17) is 22.1 Å². The zero-order valence-electron chi connectivity index (χ0n) is 16.4. The molecule has 1 atom stereocenters. The molecule has 1 unspecified atom stereocenters. The van der Waals surface area contributed by atoms with Crippen molar-refractivity contribution < 1.29 is 14.3 Å². The van der Waals surface area contributed by atoms with E-state index in [9.17, 15) is 9.59 Å². The minimum absolute atomic E-state index is 0.0967. The Bertz CT molecular complexity index is 847. The summed E-state index contributed by atoms with van der Waals surface area (Å²) in [5.41, 5.74) is 7.36. The Kier molecular flexibility index (Phi) is 6.90. The molecule has 1 aliphatic heterocycles. The molecule has 2 amide bonds. The maximum atomic E-state index is 12.6. The number of carbonyl (C=O) groups excluding carboxylic acids is 2. The molecule has 0 spiro atoms. The number of carbonyl (C=O) groups is 2. The van der Waals surface area contributed by atoms with Crippen LogP contribution in [0.1, 0.15) is 35.7 Å². The first kappa shape index (κ1) is 21.3. The van der Waals surface area contributed by atoms with Crippen molar-refractivity contribution in [2.24, 2.45) is 5.73 Å². The quantitative estimate of drug-likeness (QED) is 0.647. The number of nitrogens with two attached hydrogens (primary N) is 1. The molecule has 2 aromatic rings. The molecule has 154 valence electrons. The number of hydrogen-bond acceptors (Lipinski definition) is 4. The van der Waals surface area contributed by atoms with Crippen molar-refractivity contribution in [3.05, 3.63) is 64.7 Å². The number of nitrogens with one attached hydrogen (secondary N) is 2. The van der Waals surface area contributed by atoms with E-state index in [1.54, 1.807) is 24.3 Å². The van der Waals surface area contributed by atoms with E-state index in [0.29, 0.717) is 36.0 Å². The molecule has 0 saturated carbocycles. The van der Waals surface area contributed by atoms with E-state index in [1.165, 1.54) is 5.56 Å². The Balaban J connectivity index is 1.63. The van der Waals surface area contributed by atoms with Crippen LogP contribution in [-0.4, -0.2) is 37.6 Å². The van der Waals surface area contributed by atoms with Gasteiger partial charge in [0.05, 0.1) is 6.04 Å². The van der Waals surface area contributed by atoms with E-state index in [-0.39, 0.29) is 11.3 Å². The summed E-state index contributed by atoms with van der Waals surface area (Å²) in [6.07, 6.45) is 1.76. The number of benzene rings is 2. The average molecular weight is 416 g/mol. The van der Waals surface area contributed by atoms with Gasteiger partial charge in [-0.3, -0.25) is 9.59 Å². The van der Waals surface area contributed by atoms with E-state index in [0.717, 1.165) is 12.8 Å². The van der Waals surface area contributed by atoms with Crippen LogP contribution >= 0.6 is 11.6 Å². The molecule has 3 rings (SSSR count). The van der Waals surface area contributed by atoms with Gasteiger partial charge in [0.1, 0.15) is 0 Å². The fraction of sp³-hybridized carbons (Fsp3) is 0.364. The van der Waals surface area contributed by atoms with Gasteiger partial charge in [0, 0.05) is 41.4 Å². The Hall–Kier alpha value is -2.41. The number of ether oxygens (including phenoxy) is 1. The number of halogens is 1. The molecule has 4 N–H and O–H groups in total. The molecule has 0 bridgehead atoms. The highest BCUT2D eigenvalue weighted by atomic mass is 35.5. The molecule has 0 aromatic heterocycles. The fourth-order valence-corrected chi connectivity index (χ4v) is 3.67. The van der Waals surface area contributed by atoms with Crippen LogP contribution in [0.4, 0.5) is 5.69 Å². The topological polar surface area (TPSA) is 93.4 Å². The monoisotopic (exact) mass is 415 g/mol. The van der Waals surface area contributed by atoms with E-state index in [1.807, 2.05) is 19.1 Å². The molecule has 29 heavy (non-hydrogen) atoms. The summed E-state index contributed by atoms with van der Waals surface area (Å²) in [6.45, 7) is 3.88. The molecule has 1 aliphatic rings. The molecule has 2 aromatic carbocycles. The first-order chi connectivity index (χ1) is 13.9. The number of primary amides is 1. The Labute approximate surface area is 175 Å². The van der Waals surface area contributed by atoms with Gasteiger partial charge in [-0.1, -0.05) is 23.7 Å². The standard InChI is InChI=1S/C22H26ClN3O3/c1-15(21(28)26-19-8-2-16(3-9-19)20(24)27)25-14-22(10-12-29-13-11-22)17-4-6-18(23)7-5-17/h2-9,15,25H,10-14H2,1H3,(H2,24,27)(H,26,28). The lowest BCUT2D eigenvalue weighted by Gasteiger charge is -2.38. The molecule has 0 radical (unpaired) electrons. The average Bonchev–Trinajstić information content (AvgIpc) is 2.73. The van der Waals surface area contributed by atoms with Crippen molar-refractivity contribution in [3.8, 4) is 0 Å². The lowest BCUT2D eigenvalue weighted by molar-refractivity contribution is -0.117. The van der Waals surface area contributed by atoms with Crippen molar-refractivity contribution in [2.45, 2.75) is 31.2 Å². The summed E-state index contributed by atoms with van der Waals surface area (Å²) in [4.78, 5) is 23.7. The molecule has 1 saturated heterocycles. The van der Waals surface area contributed by atoms with Crippen molar-refractivity contribution in [1.29, 1.82) is 0 Å². The Morgan fingerprint density at radius 2 is 1.72 bits per heavy atom. The van der Waals surface area contributed by atoms with E-state index < -0.39 is 11.9 Å². The second kappa shape index (κ2) is 9.39. The highest BCUT2D eigenvalue weighted by Gasteiger charge is 2.35. The maximum Gasteiger partial charge on any atom is 0.248 e. The molecule has 1 heterocycles. The number of hydrogen-bond donors (Lipinski definition) is 3. The van der Waals surface area contributed by atoms with Gasteiger partial charge in [0.25, 0.3) is 0 Å². The van der Waals surface area contributed by atoms with E-state index in [2.05, 4.69) is 22.8 Å². The lowest BCUT2D eigenvalue weighted by Crippen LogP contribution is -2.48. The summed E-state index contributed by atoms with van der Waals surface area (Å²) in [6, 6.07) is 14.0. The minimum atomic E-state index is -0.498. The minimum Gasteiger partial charge on any atom is -0.381 e. The van der Waals surface area contributed by atoms with Gasteiger partial charge < -0.3 is 21.1 Å². The third-order valence-corrected chi connectivity index (χ3v) is 5.74. The summed E-state index contributed by atoms with van der Waals surface area (Å²) in [5, 5.41) is 6.95. The van der Waals surface area contributed by atoms with Gasteiger partial charge in [-0.15, -0.1) is 0 Å². The second-order valence-electron chi connectivity index (χ2n) is 7.43. The van der Waals surface area contributed by atoms with Crippen molar-refractivity contribution in [3.63, 3.8) is 0 Å².